The summed E-state index contributed by atoms with van der Waals surface area (Å²) in [5.74, 6) is -1.24. The first-order chi connectivity index (χ1) is 19.0. The standard InChI is InChI=1S/C28H28FN3O7S/c1-18(33)30-21-7-11-23(12-8-21)40(36,37)31(15-14-19-4-13-25(38-2)26(16-19)39-3)24-17-27(34)32(28(24)35)22-9-5-20(29)6-10-22/h4-13,16,24H,14-15,17H2,1-3H3,(H,30,33). The molecule has 0 radical (unpaired) electrons. The molecule has 1 heterocycles. The Morgan fingerprint density at radius 3 is 2.25 bits per heavy atom. The zero-order valence-electron chi connectivity index (χ0n) is 22.1. The minimum atomic E-state index is -4.29. The van der Waals surface area contributed by atoms with Crippen LogP contribution in [0.15, 0.2) is 71.6 Å². The van der Waals surface area contributed by atoms with Crippen molar-refractivity contribution < 1.29 is 36.7 Å². The van der Waals surface area contributed by atoms with Crippen molar-refractivity contribution >= 4 is 39.1 Å². The van der Waals surface area contributed by atoms with Crippen LogP contribution in [0.1, 0.15) is 18.9 Å². The van der Waals surface area contributed by atoms with Gasteiger partial charge in [-0.1, -0.05) is 6.07 Å². The Kier molecular flexibility index (Phi) is 8.50. The summed E-state index contributed by atoms with van der Waals surface area (Å²) in [6, 6.07) is 14.2. The molecule has 1 fully saturated rings. The number of anilines is 2. The average Bonchev–Trinajstić information content (AvgIpc) is 3.22. The number of nitrogens with one attached hydrogen (secondary N) is 1. The van der Waals surface area contributed by atoms with E-state index in [0.717, 1.165) is 21.3 Å². The second-order valence-electron chi connectivity index (χ2n) is 9.02. The fourth-order valence-electron chi connectivity index (χ4n) is 4.47. The van der Waals surface area contributed by atoms with Crippen LogP contribution in [0.4, 0.5) is 15.8 Å². The number of halogens is 1. The topological polar surface area (TPSA) is 122 Å². The molecule has 1 saturated heterocycles. The molecule has 1 unspecified atom stereocenters. The second kappa shape index (κ2) is 11.8. The largest absolute Gasteiger partial charge is 0.493 e. The van der Waals surface area contributed by atoms with Crippen molar-refractivity contribution in [1.29, 1.82) is 0 Å². The molecule has 1 atom stereocenters. The van der Waals surface area contributed by atoms with Gasteiger partial charge in [0.15, 0.2) is 11.5 Å². The Bertz CT molecular complexity index is 1530. The molecule has 0 aliphatic carbocycles. The van der Waals surface area contributed by atoms with E-state index in [9.17, 15) is 27.2 Å². The van der Waals surface area contributed by atoms with E-state index in [-0.39, 0.29) is 35.9 Å². The van der Waals surface area contributed by atoms with Crippen LogP contribution in [0.5, 0.6) is 11.5 Å². The molecule has 1 N–H and O–H groups in total. The summed E-state index contributed by atoms with van der Waals surface area (Å²) in [5.41, 5.74) is 1.26. The number of hydrogen-bond acceptors (Lipinski definition) is 7. The van der Waals surface area contributed by atoms with Gasteiger partial charge in [0, 0.05) is 19.2 Å². The summed E-state index contributed by atoms with van der Waals surface area (Å²) in [4.78, 5) is 38.6. The zero-order valence-corrected chi connectivity index (χ0v) is 22.9. The number of methoxy groups -OCH3 is 2. The highest BCUT2D eigenvalue weighted by Crippen LogP contribution is 2.31. The number of nitrogens with zero attached hydrogens (tertiary/aromatic N) is 2. The predicted octanol–water partition coefficient (Wildman–Crippen LogP) is 3.37. The molecule has 1 aliphatic heterocycles. The maximum Gasteiger partial charge on any atom is 0.252 e. The molecule has 10 nitrogen and oxygen atoms in total. The van der Waals surface area contributed by atoms with E-state index in [0.29, 0.717) is 22.7 Å². The second-order valence-corrected chi connectivity index (χ2v) is 10.9. The fourth-order valence-corrected chi connectivity index (χ4v) is 6.05. The zero-order chi connectivity index (χ0) is 29.0. The van der Waals surface area contributed by atoms with E-state index in [1.807, 2.05) is 0 Å². The molecule has 4 rings (SSSR count). The van der Waals surface area contributed by atoms with Gasteiger partial charge in [0.2, 0.25) is 21.8 Å². The van der Waals surface area contributed by atoms with Gasteiger partial charge in [0.1, 0.15) is 11.9 Å². The number of amides is 3. The van der Waals surface area contributed by atoms with Gasteiger partial charge in [-0.15, -0.1) is 0 Å². The van der Waals surface area contributed by atoms with Gasteiger partial charge in [-0.25, -0.2) is 17.7 Å². The molecule has 3 amide bonds. The molecule has 0 spiro atoms. The van der Waals surface area contributed by atoms with Gasteiger partial charge < -0.3 is 14.8 Å². The minimum Gasteiger partial charge on any atom is -0.493 e. The van der Waals surface area contributed by atoms with Crippen LogP contribution in [0.3, 0.4) is 0 Å². The smallest absolute Gasteiger partial charge is 0.252 e. The Balaban J connectivity index is 1.69. The quantitative estimate of drug-likeness (QED) is 0.372. The van der Waals surface area contributed by atoms with E-state index >= 15 is 0 Å². The Morgan fingerprint density at radius 2 is 1.65 bits per heavy atom. The first-order valence-electron chi connectivity index (χ1n) is 12.3. The highest BCUT2D eigenvalue weighted by Gasteiger charge is 2.46. The molecule has 210 valence electrons. The normalized spacial score (nSPS) is 15.4. The number of carbonyl (C=O) groups is 3. The minimum absolute atomic E-state index is 0.116. The van der Waals surface area contributed by atoms with Gasteiger partial charge >= 0.3 is 0 Å². The maximum atomic E-state index is 13.9. The number of benzene rings is 3. The molecule has 3 aromatic rings. The number of rotatable bonds is 10. The molecule has 0 saturated carbocycles. The Morgan fingerprint density at radius 1 is 1.00 bits per heavy atom. The van der Waals surface area contributed by atoms with Gasteiger partial charge in [0.05, 0.1) is 31.2 Å². The first-order valence-corrected chi connectivity index (χ1v) is 13.7. The molecular weight excluding hydrogens is 541 g/mol. The highest BCUT2D eigenvalue weighted by atomic mass is 32.2. The predicted molar refractivity (Wildman–Crippen MR) is 145 cm³/mol. The lowest BCUT2D eigenvalue weighted by atomic mass is 10.1. The van der Waals surface area contributed by atoms with Gasteiger partial charge in [0.25, 0.3) is 5.91 Å². The molecule has 3 aromatic carbocycles. The number of ether oxygens (including phenoxy) is 2. The van der Waals surface area contributed by atoms with E-state index in [1.54, 1.807) is 18.2 Å². The summed E-state index contributed by atoms with van der Waals surface area (Å²) < 4.78 is 52.9. The third-order valence-corrected chi connectivity index (χ3v) is 8.33. The molecule has 0 bridgehead atoms. The third-order valence-electron chi connectivity index (χ3n) is 6.41. The highest BCUT2D eigenvalue weighted by molar-refractivity contribution is 7.89. The summed E-state index contributed by atoms with van der Waals surface area (Å²) in [5, 5.41) is 2.57. The van der Waals surface area contributed by atoms with Crippen molar-refractivity contribution in [2.24, 2.45) is 0 Å². The van der Waals surface area contributed by atoms with Crippen molar-refractivity contribution in [1.82, 2.24) is 4.31 Å². The third kappa shape index (κ3) is 5.97. The van der Waals surface area contributed by atoms with Crippen molar-refractivity contribution in [2.45, 2.75) is 30.7 Å². The van der Waals surface area contributed by atoms with Crippen molar-refractivity contribution in [3.63, 3.8) is 0 Å². The number of imide groups is 1. The summed E-state index contributed by atoms with van der Waals surface area (Å²) in [6.45, 7) is 1.20. The molecule has 12 heteroatoms. The van der Waals surface area contributed by atoms with E-state index in [1.165, 1.54) is 57.5 Å². The summed E-state index contributed by atoms with van der Waals surface area (Å²) in [7, 11) is -1.31. The van der Waals surface area contributed by atoms with Crippen LogP contribution in [0.25, 0.3) is 0 Å². The van der Waals surface area contributed by atoms with Crippen LogP contribution in [0, 0.1) is 5.82 Å². The average molecular weight is 570 g/mol. The summed E-state index contributed by atoms with van der Waals surface area (Å²) in [6.07, 6.45) is -0.191. The van der Waals surface area contributed by atoms with Crippen LogP contribution >= 0.6 is 0 Å². The van der Waals surface area contributed by atoms with E-state index < -0.39 is 33.7 Å². The van der Waals surface area contributed by atoms with Crippen molar-refractivity contribution in [3.05, 3.63) is 78.1 Å². The van der Waals surface area contributed by atoms with Crippen LogP contribution < -0.4 is 19.7 Å². The summed E-state index contributed by atoms with van der Waals surface area (Å²) >= 11 is 0. The van der Waals surface area contributed by atoms with Gasteiger partial charge in [-0.3, -0.25) is 14.4 Å². The monoisotopic (exact) mass is 569 g/mol. The van der Waals surface area contributed by atoms with E-state index in [4.69, 9.17) is 9.47 Å². The lowest BCUT2D eigenvalue weighted by molar-refractivity contribution is -0.122. The molecule has 40 heavy (non-hydrogen) atoms. The SMILES string of the molecule is COc1ccc(CCN(C2CC(=O)N(c3ccc(F)cc3)C2=O)S(=O)(=O)c2ccc(NC(C)=O)cc2)cc1OC. The van der Waals surface area contributed by atoms with Crippen molar-refractivity contribution in [2.75, 3.05) is 31.0 Å². The first kappa shape index (κ1) is 28.7. The van der Waals surface area contributed by atoms with Crippen LogP contribution in [0.2, 0.25) is 0 Å². The Hall–Kier alpha value is -4.29. The number of hydrogen-bond donors (Lipinski definition) is 1. The van der Waals surface area contributed by atoms with Gasteiger partial charge in [-0.2, -0.15) is 4.31 Å². The van der Waals surface area contributed by atoms with Gasteiger partial charge in [-0.05, 0) is 72.6 Å². The lowest BCUT2D eigenvalue weighted by Crippen LogP contribution is -2.46. The fraction of sp³-hybridized carbons (Fsp3) is 0.250. The number of carbonyl (C=O) groups excluding carboxylic acids is 3. The Labute approximate surface area is 231 Å². The van der Waals surface area contributed by atoms with Crippen LogP contribution in [-0.4, -0.2) is 57.3 Å². The lowest BCUT2D eigenvalue weighted by Gasteiger charge is -2.27. The molecule has 1 aliphatic rings. The van der Waals surface area contributed by atoms with Crippen LogP contribution in [-0.2, 0) is 30.8 Å². The maximum absolute atomic E-state index is 13.9. The van der Waals surface area contributed by atoms with E-state index in [2.05, 4.69) is 5.32 Å². The molecular formula is C28H28FN3O7S. The molecule has 0 aromatic heterocycles. The number of sulfonamides is 1. The van der Waals surface area contributed by atoms with Crippen molar-refractivity contribution in [3.8, 4) is 11.5 Å².